The average Bonchev–Trinajstić information content (AvgIpc) is 3.69. The van der Waals surface area contributed by atoms with E-state index in [4.69, 9.17) is 0 Å². The standard InChI is InChI=1S/C26H31N9S3/c1-4-36-26-27-25(38-34-26)33-31-22-10-7-19(15-18(22)3)28-30-21-9-8-20(16-17(21)2)29-32-23-11-12-24(37-23)35-13-5-6-14-35/h7-12,15-16,28-30,32H,4-6,13-14H2,1-3H3/b33-31+. The summed E-state index contributed by atoms with van der Waals surface area (Å²) in [7, 11) is 0. The quantitative estimate of drug-likeness (QED) is 0.0819. The number of nitrogens with zero attached hydrogens (tertiary/aromatic N) is 5. The number of rotatable bonds is 11. The van der Waals surface area contributed by atoms with Gasteiger partial charge in [0.1, 0.15) is 5.00 Å². The Morgan fingerprint density at radius 1 is 0.895 bits per heavy atom. The molecule has 0 saturated carbocycles. The van der Waals surface area contributed by atoms with E-state index >= 15 is 0 Å². The number of thioether (sulfide) groups is 1. The Bertz CT molecular complexity index is 1390. The number of thiophene rings is 1. The Morgan fingerprint density at radius 3 is 2.42 bits per heavy atom. The van der Waals surface area contributed by atoms with Crippen molar-refractivity contribution < 1.29 is 0 Å². The second-order valence-corrected chi connectivity index (χ2v) is 11.9. The van der Waals surface area contributed by atoms with Crippen molar-refractivity contribution in [2.24, 2.45) is 10.2 Å². The Morgan fingerprint density at radius 2 is 1.66 bits per heavy atom. The highest BCUT2D eigenvalue weighted by Crippen LogP contribution is 2.32. The summed E-state index contributed by atoms with van der Waals surface area (Å²) < 4.78 is 4.27. The number of hydrogen-bond donors (Lipinski definition) is 4. The maximum absolute atomic E-state index is 4.36. The summed E-state index contributed by atoms with van der Waals surface area (Å²) in [5.41, 5.74) is 19.1. The molecule has 0 radical (unpaired) electrons. The highest BCUT2D eigenvalue weighted by Gasteiger charge is 2.14. The molecule has 38 heavy (non-hydrogen) atoms. The van der Waals surface area contributed by atoms with E-state index in [1.807, 2.05) is 31.2 Å². The fraction of sp³-hybridized carbons (Fsp3) is 0.308. The van der Waals surface area contributed by atoms with Gasteiger partial charge in [0.05, 0.1) is 27.8 Å². The third kappa shape index (κ3) is 6.74. The van der Waals surface area contributed by atoms with Crippen LogP contribution in [0.2, 0.25) is 0 Å². The van der Waals surface area contributed by atoms with E-state index in [9.17, 15) is 0 Å². The fourth-order valence-electron chi connectivity index (χ4n) is 4.03. The van der Waals surface area contributed by atoms with Crippen LogP contribution < -0.4 is 26.6 Å². The first-order chi connectivity index (χ1) is 18.6. The zero-order chi connectivity index (χ0) is 26.3. The lowest BCUT2D eigenvalue weighted by Crippen LogP contribution is -2.15. The lowest BCUT2D eigenvalue weighted by atomic mass is 10.2. The molecule has 1 aliphatic heterocycles. The molecule has 2 aromatic carbocycles. The van der Waals surface area contributed by atoms with Crippen LogP contribution in [0.15, 0.2) is 63.9 Å². The molecule has 1 fully saturated rings. The van der Waals surface area contributed by atoms with E-state index in [-0.39, 0.29) is 0 Å². The highest BCUT2D eigenvalue weighted by atomic mass is 32.2. The van der Waals surface area contributed by atoms with E-state index < -0.39 is 0 Å². The number of hydrogen-bond acceptors (Lipinski definition) is 12. The Balaban J connectivity index is 1.13. The second-order valence-electron chi connectivity index (χ2n) is 8.86. The SMILES string of the molecule is CCSc1nsc(/N=N/c2ccc(NNc3ccc(NNc4ccc(N5CCCC5)s4)cc3C)cc2C)n1. The lowest BCUT2D eigenvalue weighted by Gasteiger charge is -2.15. The molecule has 4 aromatic rings. The van der Waals surface area contributed by atoms with Crippen LogP contribution in [-0.2, 0) is 0 Å². The van der Waals surface area contributed by atoms with Gasteiger partial charge in [0.2, 0.25) is 10.3 Å². The largest absolute Gasteiger partial charge is 0.363 e. The summed E-state index contributed by atoms with van der Waals surface area (Å²) in [5, 5.41) is 12.3. The third-order valence-electron chi connectivity index (χ3n) is 6.02. The molecule has 1 saturated heterocycles. The maximum atomic E-state index is 4.36. The minimum Gasteiger partial charge on any atom is -0.363 e. The van der Waals surface area contributed by atoms with Crippen LogP contribution in [0.5, 0.6) is 0 Å². The van der Waals surface area contributed by atoms with Gasteiger partial charge in [-0.2, -0.15) is 9.36 Å². The van der Waals surface area contributed by atoms with E-state index in [0.717, 1.165) is 62.9 Å². The van der Waals surface area contributed by atoms with Gasteiger partial charge < -0.3 is 21.2 Å². The molecule has 0 unspecified atom stereocenters. The van der Waals surface area contributed by atoms with Crippen molar-refractivity contribution in [1.82, 2.24) is 9.36 Å². The van der Waals surface area contributed by atoms with Gasteiger partial charge >= 0.3 is 0 Å². The van der Waals surface area contributed by atoms with Crippen molar-refractivity contribution in [3.05, 3.63) is 59.7 Å². The lowest BCUT2D eigenvalue weighted by molar-refractivity contribution is 0.949. The maximum Gasteiger partial charge on any atom is 0.250 e. The van der Waals surface area contributed by atoms with E-state index in [2.05, 4.69) is 84.3 Å². The first-order valence-electron chi connectivity index (χ1n) is 12.6. The van der Waals surface area contributed by atoms with Crippen LogP contribution in [0, 0.1) is 13.8 Å². The molecule has 4 N–H and O–H groups in total. The molecule has 1 aliphatic rings. The summed E-state index contributed by atoms with van der Waals surface area (Å²) in [5.74, 6) is 0.933. The molecule has 0 bridgehead atoms. The van der Waals surface area contributed by atoms with Crippen molar-refractivity contribution in [3.8, 4) is 0 Å². The Hall–Kier alpha value is -3.35. The number of nitrogens with one attached hydrogen (secondary N) is 4. The van der Waals surface area contributed by atoms with Crippen LogP contribution in [0.4, 0.5) is 37.9 Å². The van der Waals surface area contributed by atoms with Crippen molar-refractivity contribution >= 4 is 72.5 Å². The van der Waals surface area contributed by atoms with Crippen LogP contribution in [0.3, 0.4) is 0 Å². The first kappa shape index (κ1) is 26.3. The van der Waals surface area contributed by atoms with Crippen LogP contribution in [0.25, 0.3) is 0 Å². The fourth-order valence-corrected chi connectivity index (χ4v) is 6.14. The van der Waals surface area contributed by atoms with Gasteiger partial charge in [0, 0.05) is 24.6 Å². The number of anilines is 5. The normalized spacial score (nSPS) is 13.3. The number of aromatic nitrogens is 2. The van der Waals surface area contributed by atoms with Crippen LogP contribution >= 0.6 is 34.6 Å². The van der Waals surface area contributed by atoms with E-state index in [1.54, 1.807) is 23.1 Å². The first-order valence-corrected chi connectivity index (χ1v) is 15.1. The summed E-state index contributed by atoms with van der Waals surface area (Å²) in [6, 6.07) is 16.5. The molecule has 0 spiro atoms. The third-order valence-corrected chi connectivity index (χ3v) is 8.52. The molecule has 3 heterocycles. The molecule has 198 valence electrons. The summed E-state index contributed by atoms with van der Waals surface area (Å²) >= 11 is 4.64. The molecule has 2 aromatic heterocycles. The van der Waals surface area contributed by atoms with Crippen molar-refractivity contribution in [2.75, 3.05) is 45.4 Å². The van der Waals surface area contributed by atoms with Gasteiger partial charge in [0.15, 0.2) is 0 Å². The number of benzene rings is 2. The number of azo groups is 1. The number of hydrazine groups is 2. The van der Waals surface area contributed by atoms with Gasteiger partial charge in [-0.05, 0) is 92.1 Å². The number of aryl methyl sites for hydroxylation is 2. The van der Waals surface area contributed by atoms with Crippen molar-refractivity contribution in [2.45, 2.75) is 38.8 Å². The minimum atomic E-state index is 0.565. The monoisotopic (exact) mass is 565 g/mol. The topological polar surface area (TPSA) is 102 Å². The zero-order valence-corrected chi connectivity index (χ0v) is 24.1. The van der Waals surface area contributed by atoms with Gasteiger partial charge in [-0.25, -0.2) is 0 Å². The molecular formula is C26H31N9S3. The predicted molar refractivity (Wildman–Crippen MR) is 163 cm³/mol. The average molecular weight is 566 g/mol. The molecule has 12 heteroatoms. The van der Waals surface area contributed by atoms with Crippen molar-refractivity contribution in [1.29, 1.82) is 0 Å². The molecule has 0 atom stereocenters. The summed E-state index contributed by atoms with van der Waals surface area (Å²) in [4.78, 5) is 6.81. The van der Waals surface area contributed by atoms with Gasteiger partial charge in [-0.3, -0.25) is 5.43 Å². The second kappa shape index (κ2) is 12.5. The molecule has 0 amide bonds. The smallest absolute Gasteiger partial charge is 0.250 e. The van der Waals surface area contributed by atoms with Crippen LogP contribution in [0.1, 0.15) is 30.9 Å². The summed E-state index contributed by atoms with van der Waals surface area (Å²) in [6.07, 6.45) is 2.57. The Kier molecular flexibility index (Phi) is 8.61. The minimum absolute atomic E-state index is 0.565. The van der Waals surface area contributed by atoms with Gasteiger partial charge in [-0.15, -0.1) is 10.2 Å². The molecule has 0 aliphatic carbocycles. The van der Waals surface area contributed by atoms with Gasteiger partial charge in [-0.1, -0.05) is 30.0 Å². The molecule has 5 rings (SSSR count). The summed E-state index contributed by atoms with van der Waals surface area (Å²) in [6.45, 7) is 8.49. The Labute approximate surface area is 235 Å². The highest BCUT2D eigenvalue weighted by molar-refractivity contribution is 7.99. The van der Waals surface area contributed by atoms with Crippen molar-refractivity contribution in [3.63, 3.8) is 0 Å². The molecule has 9 nitrogen and oxygen atoms in total. The van der Waals surface area contributed by atoms with E-state index in [0.29, 0.717) is 5.13 Å². The zero-order valence-electron chi connectivity index (χ0n) is 21.6. The molecular weight excluding hydrogens is 535 g/mol. The van der Waals surface area contributed by atoms with Crippen LogP contribution in [-0.4, -0.2) is 28.2 Å². The van der Waals surface area contributed by atoms with E-state index in [1.165, 1.54) is 29.4 Å². The van der Waals surface area contributed by atoms with Gasteiger partial charge in [0.25, 0.3) is 0 Å². The predicted octanol–water partition coefficient (Wildman–Crippen LogP) is 8.22.